The lowest BCUT2D eigenvalue weighted by atomic mass is 10.1. The molecule has 134 valence electrons. The topological polar surface area (TPSA) is 55.3 Å². The summed E-state index contributed by atoms with van der Waals surface area (Å²) in [5, 5.41) is 0.929. The number of amides is 1. The van der Waals surface area contributed by atoms with Gasteiger partial charge in [0.25, 0.3) is 0 Å². The van der Waals surface area contributed by atoms with Gasteiger partial charge in [-0.25, -0.2) is 9.78 Å². The minimum absolute atomic E-state index is 0.0405. The highest BCUT2D eigenvalue weighted by Crippen LogP contribution is 2.35. The van der Waals surface area contributed by atoms with E-state index in [0.717, 1.165) is 41.3 Å². The number of rotatable bonds is 2. The summed E-state index contributed by atoms with van der Waals surface area (Å²) >= 11 is 1.65. The Balaban J connectivity index is 1.85. The predicted molar refractivity (Wildman–Crippen MR) is 99.7 cm³/mol. The van der Waals surface area contributed by atoms with Crippen LogP contribution in [0.5, 0.6) is 0 Å². The molecule has 2 aromatic heterocycles. The van der Waals surface area contributed by atoms with E-state index in [4.69, 9.17) is 4.74 Å². The van der Waals surface area contributed by atoms with Crippen molar-refractivity contribution in [1.82, 2.24) is 14.9 Å². The van der Waals surface area contributed by atoms with Gasteiger partial charge in [0.05, 0.1) is 17.4 Å². The van der Waals surface area contributed by atoms with Crippen molar-refractivity contribution >= 4 is 17.4 Å². The van der Waals surface area contributed by atoms with Crippen LogP contribution in [0.3, 0.4) is 0 Å². The third-order valence-electron chi connectivity index (χ3n) is 4.30. The van der Waals surface area contributed by atoms with Crippen molar-refractivity contribution in [2.75, 3.05) is 6.54 Å². The summed E-state index contributed by atoms with van der Waals surface area (Å²) < 4.78 is 5.57. The molecule has 3 rings (SSSR count). The number of carbonyl (C=O) groups excluding carboxylic acids is 1. The molecule has 6 heteroatoms. The summed E-state index contributed by atoms with van der Waals surface area (Å²) in [6, 6.07) is 4.09. The summed E-state index contributed by atoms with van der Waals surface area (Å²) in [4.78, 5) is 24.6. The Bertz CT molecular complexity index is 760. The fourth-order valence-electron chi connectivity index (χ4n) is 3.01. The quantitative estimate of drug-likeness (QED) is 0.766. The number of thiazole rings is 1. The zero-order valence-electron chi connectivity index (χ0n) is 15.5. The molecule has 25 heavy (non-hydrogen) atoms. The van der Waals surface area contributed by atoms with E-state index in [0.29, 0.717) is 0 Å². The minimum atomic E-state index is -0.483. The van der Waals surface area contributed by atoms with Gasteiger partial charge in [0.15, 0.2) is 0 Å². The van der Waals surface area contributed by atoms with Crippen molar-refractivity contribution in [2.24, 2.45) is 0 Å². The average molecular weight is 359 g/mol. The number of hydrogen-bond acceptors (Lipinski definition) is 5. The first kappa shape index (κ1) is 17.9. The molecule has 0 spiro atoms. The maximum atomic E-state index is 12.5. The molecule has 0 aliphatic carbocycles. The molecule has 2 aromatic rings. The Morgan fingerprint density at radius 1 is 1.36 bits per heavy atom. The van der Waals surface area contributed by atoms with E-state index in [9.17, 15) is 4.79 Å². The SMILES string of the molecule is Cc1nc(-c2cc(C3CCCN3C(=O)OC(C)(C)C)ccn2)sc1C. The van der Waals surface area contributed by atoms with Crippen molar-refractivity contribution < 1.29 is 9.53 Å². The van der Waals surface area contributed by atoms with Crippen LogP contribution in [-0.2, 0) is 4.74 Å². The van der Waals surface area contributed by atoms with E-state index in [-0.39, 0.29) is 12.1 Å². The lowest BCUT2D eigenvalue weighted by molar-refractivity contribution is 0.0224. The molecular weight excluding hydrogens is 334 g/mol. The second kappa shape index (κ2) is 6.75. The van der Waals surface area contributed by atoms with E-state index < -0.39 is 5.60 Å². The molecule has 1 unspecified atom stereocenters. The zero-order chi connectivity index (χ0) is 18.2. The van der Waals surface area contributed by atoms with Gasteiger partial charge in [0.1, 0.15) is 10.6 Å². The number of aromatic nitrogens is 2. The standard InChI is InChI=1S/C19H25N3O2S/c1-12-13(2)25-17(21-12)15-11-14(8-9-20-15)16-7-6-10-22(16)18(23)24-19(3,4)5/h8-9,11,16H,6-7,10H2,1-5H3. The number of hydrogen-bond donors (Lipinski definition) is 0. The first-order valence-electron chi connectivity index (χ1n) is 8.64. The van der Waals surface area contributed by atoms with Crippen LogP contribution in [0.15, 0.2) is 18.3 Å². The lowest BCUT2D eigenvalue weighted by Crippen LogP contribution is -2.36. The van der Waals surface area contributed by atoms with Crippen LogP contribution in [-0.4, -0.2) is 33.1 Å². The van der Waals surface area contributed by atoms with Crippen molar-refractivity contribution in [3.63, 3.8) is 0 Å². The van der Waals surface area contributed by atoms with E-state index in [1.807, 2.05) is 44.9 Å². The summed E-state index contributed by atoms with van der Waals surface area (Å²) in [6.45, 7) is 10.5. The first-order chi connectivity index (χ1) is 11.7. The summed E-state index contributed by atoms with van der Waals surface area (Å²) in [5.41, 5.74) is 2.53. The third kappa shape index (κ3) is 4.00. The molecule has 1 aliphatic heterocycles. The Morgan fingerprint density at radius 3 is 2.76 bits per heavy atom. The molecule has 1 saturated heterocycles. The second-order valence-electron chi connectivity index (χ2n) is 7.47. The molecule has 3 heterocycles. The van der Waals surface area contributed by atoms with Crippen molar-refractivity contribution in [2.45, 2.75) is 59.1 Å². The molecule has 0 bridgehead atoms. The normalized spacial score (nSPS) is 17.8. The van der Waals surface area contributed by atoms with Gasteiger partial charge in [0, 0.05) is 17.6 Å². The van der Waals surface area contributed by atoms with Crippen molar-refractivity contribution in [1.29, 1.82) is 0 Å². The van der Waals surface area contributed by atoms with Crippen LogP contribution in [0.25, 0.3) is 10.7 Å². The van der Waals surface area contributed by atoms with Crippen LogP contribution >= 0.6 is 11.3 Å². The monoisotopic (exact) mass is 359 g/mol. The van der Waals surface area contributed by atoms with Crippen LogP contribution in [0.1, 0.15) is 55.8 Å². The van der Waals surface area contributed by atoms with Crippen molar-refractivity contribution in [3.05, 3.63) is 34.5 Å². The first-order valence-corrected chi connectivity index (χ1v) is 9.46. The maximum Gasteiger partial charge on any atom is 0.410 e. The molecule has 0 aromatic carbocycles. The number of aryl methyl sites for hydroxylation is 2. The number of pyridine rings is 1. The fraction of sp³-hybridized carbons (Fsp3) is 0.526. The Morgan fingerprint density at radius 2 is 2.12 bits per heavy atom. The Kier molecular flexibility index (Phi) is 4.82. The maximum absolute atomic E-state index is 12.5. The summed E-state index contributed by atoms with van der Waals surface area (Å²) in [7, 11) is 0. The fourth-order valence-corrected chi connectivity index (χ4v) is 3.89. The second-order valence-corrected chi connectivity index (χ2v) is 8.67. The van der Waals surface area contributed by atoms with Crippen LogP contribution in [0.4, 0.5) is 4.79 Å². The predicted octanol–water partition coefficient (Wildman–Crippen LogP) is 4.89. The lowest BCUT2D eigenvalue weighted by Gasteiger charge is -2.28. The van der Waals surface area contributed by atoms with Gasteiger partial charge < -0.3 is 9.64 Å². The highest BCUT2D eigenvalue weighted by Gasteiger charge is 2.33. The molecular formula is C19H25N3O2S. The summed E-state index contributed by atoms with van der Waals surface area (Å²) in [5.74, 6) is 0. The average Bonchev–Trinajstić information content (AvgIpc) is 3.13. The Labute approximate surface area is 153 Å². The number of likely N-dealkylation sites (tertiary alicyclic amines) is 1. The zero-order valence-corrected chi connectivity index (χ0v) is 16.3. The third-order valence-corrected chi connectivity index (χ3v) is 5.39. The van der Waals surface area contributed by atoms with Gasteiger partial charge in [-0.15, -0.1) is 11.3 Å². The highest BCUT2D eigenvalue weighted by atomic mass is 32.1. The van der Waals surface area contributed by atoms with E-state index in [1.54, 1.807) is 11.3 Å². The molecule has 1 atom stereocenters. The van der Waals surface area contributed by atoms with Gasteiger partial charge >= 0.3 is 6.09 Å². The van der Waals surface area contributed by atoms with Crippen LogP contribution < -0.4 is 0 Å². The smallest absolute Gasteiger partial charge is 0.410 e. The summed E-state index contributed by atoms with van der Waals surface area (Å²) in [6.07, 6.45) is 3.49. The molecule has 1 fully saturated rings. The molecule has 5 nitrogen and oxygen atoms in total. The van der Waals surface area contributed by atoms with Crippen LogP contribution in [0.2, 0.25) is 0 Å². The highest BCUT2D eigenvalue weighted by molar-refractivity contribution is 7.15. The Hall–Kier alpha value is -1.95. The number of carbonyl (C=O) groups is 1. The van der Waals surface area contributed by atoms with E-state index in [2.05, 4.69) is 23.0 Å². The van der Waals surface area contributed by atoms with Gasteiger partial charge in [0.2, 0.25) is 0 Å². The number of ether oxygens (including phenoxy) is 1. The molecule has 0 N–H and O–H groups in total. The van der Waals surface area contributed by atoms with Gasteiger partial charge in [-0.2, -0.15) is 0 Å². The van der Waals surface area contributed by atoms with Gasteiger partial charge in [-0.3, -0.25) is 4.98 Å². The largest absolute Gasteiger partial charge is 0.444 e. The van der Waals surface area contributed by atoms with E-state index in [1.165, 1.54) is 4.88 Å². The van der Waals surface area contributed by atoms with Crippen molar-refractivity contribution in [3.8, 4) is 10.7 Å². The molecule has 1 amide bonds. The van der Waals surface area contributed by atoms with Crippen LogP contribution in [0, 0.1) is 13.8 Å². The van der Waals surface area contributed by atoms with Gasteiger partial charge in [-0.05, 0) is 65.2 Å². The van der Waals surface area contributed by atoms with E-state index >= 15 is 0 Å². The molecule has 0 radical (unpaired) electrons. The van der Waals surface area contributed by atoms with Gasteiger partial charge in [-0.1, -0.05) is 0 Å². The molecule has 0 saturated carbocycles. The number of nitrogens with zero attached hydrogens (tertiary/aromatic N) is 3. The molecule has 1 aliphatic rings. The minimum Gasteiger partial charge on any atom is -0.444 e.